The SMILES string of the molecule is CCC[C@H]1C(O)C[C@H](OC(=O)c2ccc(-c3ccccc3)cc2)[C@]1(C)CCCCCC(O[Si](C)(C)C(C)(C)C)(C(=O)O)C1CCCCC1. The lowest BCUT2D eigenvalue weighted by Gasteiger charge is -2.48. The molecule has 5 atom stereocenters. The highest BCUT2D eigenvalue weighted by molar-refractivity contribution is 6.74. The van der Waals surface area contributed by atoms with E-state index < -0.39 is 26.0 Å². The Morgan fingerprint density at radius 2 is 1.54 bits per heavy atom. The van der Waals surface area contributed by atoms with Gasteiger partial charge < -0.3 is 19.4 Å². The number of carboxylic acids is 1. The molecule has 2 unspecified atom stereocenters. The first kappa shape index (κ1) is 38.3. The second kappa shape index (κ2) is 16.0. The number of carboxylic acid groups (broad SMARTS) is 1. The summed E-state index contributed by atoms with van der Waals surface area (Å²) in [4.78, 5) is 26.6. The molecule has 0 heterocycles. The molecule has 48 heavy (non-hydrogen) atoms. The van der Waals surface area contributed by atoms with E-state index in [4.69, 9.17) is 9.16 Å². The molecule has 2 saturated carbocycles. The maximum Gasteiger partial charge on any atom is 0.338 e. The van der Waals surface area contributed by atoms with Crippen molar-refractivity contribution in [2.75, 3.05) is 0 Å². The number of hydrogen-bond acceptors (Lipinski definition) is 5. The van der Waals surface area contributed by atoms with Crippen LogP contribution in [0.3, 0.4) is 0 Å². The predicted octanol–water partition coefficient (Wildman–Crippen LogP) is 10.4. The van der Waals surface area contributed by atoms with Gasteiger partial charge in [0.25, 0.3) is 0 Å². The smallest absolute Gasteiger partial charge is 0.338 e. The Morgan fingerprint density at radius 3 is 2.12 bits per heavy atom. The fourth-order valence-electron chi connectivity index (χ4n) is 8.23. The highest BCUT2D eigenvalue weighted by Gasteiger charge is 2.54. The maximum absolute atomic E-state index is 13.4. The van der Waals surface area contributed by atoms with Crippen molar-refractivity contribution in [2.24, 2.45) is 17.3 Å². The van der Waals surface area contributed by atoms with Crippen molar-refractivity contribution in [2.45, 2.75) is 154 Å². The van der Waals surface area contributed by atoms with Gasteiger partial charge in [0.2, 0.25) is 0 Å². The molecule has 0 saturated heterocycles. The zero-order valence-electron chi connectivity index (χ0n) is 30.7. The van der Waals surface area contributed by atoms with Crippen LogP contribution in [0.5, 0.6) is 0 Å². The molecule has 7 heteroatoms. The molecule has 0 spiro atoms. The van der Waals surface area contributed by atoms with Gasteiger partial charge in [0.05, 0.1) is 11.7 Å². The summed E-state index contributed by atoms with van der Waals surface area (Å²) in [5.41, 5.74) is 1.15. The van der Waals surface area contributed by atoms with Crippen LogP contribution in [0.2, 0.25) is 18.1 Å². The van der Waals surface area contributed by atoms with Crippen LogP contribution in [0.4, 0.5) is 0 Å². The fourth-order valence-corrected chi connectivity index (χ4v) is 9.80. The topological polar surface area (TPSA) is 93.1 Å². The summed E-state index contributed by atoms with van der Waals surface area (Å²) in [5, 5.41) is 21.9. The fraction of sp³-hybridized carbons (Fsp3) is 0.659. The summed E-state index contributed by atoms with van der Waals surface area (Å²) in [6.07, 6.45) is 10.4. The largest absolute Gasteiger partial charge is 0.479 e. The zero-order valence-corrected chi connectivity index (χ0v) is 31.7. The van der Waals surface area contributed by atoms with Crippen molar-refractivity contribution in [3.63, 3.8) is 0 Å². The molecule has 0 bridgehead atoms. The number of aliphatic hydroxyl groups is 1. The summed E-state index contributed by atoms with van der Waals surface area (Å²) < 4.78 is 13.2. The van der Waals surface area contributed by atoms with Crippen LogP contribution < -0.4 is 0 Å². The van der Waals surface area contributed by atoms with Crippen LogP contribution in [-0.2, 0) is 14.0 Å². The lowest BCUT2D eigenvalue weighted by atomic mass is 9.71. The molecule has 2 aromatic carbocycles. The van der Waals surface area contributed by atoms with Crippen molar-refractivity contribution in [3.05, 3.63) is 60.2 Å². The van der Waals surface area contributed by atoms with Gasteiger partial charge in [0, 0.05) is 11.8 Å². The van der Waals surface area contributed by atoms with E-state index in [-0.39, 0.29) is 34.4 Å². The first-order valence-electron chi connectivity index (χ1n) is 18.6. The van der Waals surface area contributed by atoms with Crippen molar-refractivity contribution in [3.8, 4) is 11.1 Å². The molecule has 0 amide bonds. The van der Waals surface area contributed by atoms with Crippen LogP contribution in [-0.4, -0.2) is 48.3 Å². The number of aliphatic hydroxyl groups excluding tert-OH is 1. The molecule has 2 aromatic rings. The van der Waals surface area contributed by atoms with E-state index in [1.807, 2.05) is 54.6 Å². The summed E-state index contributed by atoms with van der Waals surface area (Å²) >= 11 is 0. The molecule has 266 valence electrons. The quantitative estimate of drug-likeness (QED) is 0.111. The summed E-state index contributed by atoms with van der Waals surface area (Å²) in [6, 6.07) is 17.6. The molecule has 4 rings (SSSR count). The Balaban J connectivity index is 1.44. The zero-order chi connectivity index (χ0) is 35.2. The molecular weight excluding hydrogens is 617 g/mol. The van der Waals surface area contributed by atoms with Gasteiger partial charge in [0.15, 0.2) is 13.9 Å². The van der Waals surface area contributed by atoms with Gasteiger partial charge >= 0.3 is 11.9 Å². The van der Waals surface area contributed by atoms with Gasteiger partial charge in [-0.05, 0) is 91.8 Å². The highest BCUT2D eigenvalue weighted by Crippen LogP contribution is 2.51. The molecule has 2 N–H and O–H groups in total. The molecule has 2 aliphatic rings. The van der Waals surface area contributed by atoms with Crippen LogP contribution in [0.15, 0.2) is 54.6 Å². The van der Waals surface area contributed by atoms with Gasteiger partial charge in [0.1, 0.15) is 6.10 Å². The van der Waals surface area contributed by atoms with Crippen molar-refractivity contribution in [1.82, 2.24) is 0 Å². The Hall–Kier alpha value is -2.48. The summed E-state index contributed by atoms with van der Waals surface area (Å²) in [7, 11) is -2.35. The number of carbonyl (C=O) groups excluding carboxylic acids is 1. The monoisotopic (exact) mass is 678 g/mol. The van der Waals surface area contributed by atoms with Crippen LogP contribution >= 0.6 is 0 Å². The highest BCUT2D eigenvalue weighted by atomic mass is 28.4. The second-order valence-electron chi connectivity index (χ2n) is 16.5. The second-order valence-corrected chi connectivity index (χ2v) is 21.2. The molecule has 2 fully saturated rings. The van der Waals surface area contributed by atoms with Gasteiger partial charge in [-0.15, -0.1) is 0 Å². The first-order chi connectivity index (χ1) is 22.6. The number of unbranched alkanes of at least 4 members (excludes halogenated alkanes) is 2. The molecule has 0 aliphatic heterocycles. The van der Waals surface area contributed by atoms with Gasteiger partial charge in [-0.2, -0.15) is 0 Å². The Kier molecular flexibility index (Phi) is 12.8. The van der Waals surface area contributed by atoms with Crippen molar-refractivity contribution < 1.29 is 29.0 Å². The predicted molar refractivity (Wildman–Crippen MR) is 197 cm³/mol. The normalized spacial score (nSPS) is 25.0. The van der Waals surface area contributed by atoms with Gasteiger partial charge in [-0.1, -0.05) is 116 Å². The minimum absolute atomic E-state index is 0.0415. The van der Waals surface area contributed by atoms with Crippen molar-refractivity contribution >= 4 is 20.3 Å². The lowest BCUT2D eigenvalue weighted by molar-refractivity contribution is -0.165. The third-order valence-electron chi connectivity index (χ3n) is 12.2. The number of esters is 1. The van der Waals surface area contributed by atoms with Crippen LogP contribution in [0, 0.1) is 17.3 Å². The van der Waals surface area contributed by atoms with E-state index in [1.54, 1.807) is 0 Å². The minimum Gasteiger partial charge on any atom is -0.479 e. The van der Waals surface area contributed by atoms with E-state index in [0.717, 1.165) is 75.3 Å². The van der Waals surface area contributed by atoms with Gasteiger partial charge in [-0.25, -0.2) is 9.59 Å². The maximum atomic E-state index is 13.4. The third-order valence-corrected chi connectivity index (χ3v) is 16.7. The number of carbonyl (C=O) groups is 2. The number of rotatable bonds is 15. The van der Waals surface area contributed by atoms with E-state index >= 15 is 0 Å². The minimum atomic E-state index is -2.35. The Morgan fingerprint density at radius 1 is 0.917 bits per heavy atom. The first-order valence-corrected chi connectivity index (χ1v) is 21.5. The van der Waals surface area contributed by atoms with E-state index in [2.05, 4.69) is 47.7 Å². The van der Waals surface area contributed by atoms with Crippen molar-refractivity contribution in [1.29, 1.82) is 0 Å². The number of ether oxygens (including phenoxy) is 1. The standard InChI is InChI=1S/C41H62O6Si/c1-8-18-34-35(42)29-36(46-37(43)32-25-23-31(24-26-32)30-19-12-9-13-20-30)40(34,5)27-16-11-17-28-41(38(44)45,33-21-14-10-15-22-33)47-48(6,7)39(2,3)4/h9,12-13,19-20,23-26,33-36,42H,8,10-11,14-18,21-22,27-29H2,1-7H3,(H,44,45)/t34-,35?,36-,40+,41?/m0/s1. The lowest BCUT2D eigenvalue weighted by Crippen LogP contribution is -2.57. The number of hydrogen-bond donors (Lipinski definition) is 2. The van der Waals surface area contributed by atoms with E-state index in [1.165, 1.54) is 6.42 Å². The van der Waals surface area contributed by atoms with Gasteiger partial charge in [-0.3, -0.25) is 0 Å². The molecule has 0 radical (unpaired) electrons. The van der Waals surface area contributed by atoms with E-state index in [9.17, 15) is 19.8 Å². The number of aliphatic carboxylic acids is 1. The third kappa shape index (κ3) is 8.62. The Bertz CT molecular complexity index is 1330. The van der Waals surface area contributed by atoms with Crippen LogP contribution in [0.25, 0.3) is 11.1 Å². The summed E-state index contributed by atoms with van der Waals surface area (Å²) in [6.45, 7) is 15.2. The molecular formula is C41H62O6Si. The summed E-state index contributed by atoms with van der Waals surface area (Å²) in [5.74, 6) is -1.06. The molecule has 0 aromatic heterocycles. The molecule has 6 nitrogen and oxygen atoms in total. The number of benzene rings is 2. The van der Waals surface area contributed by atoms with Crippen LogP contribution in [0.1, 0.15) is 128 Å². The average Bonchev–Trinajstić information content (AvgIpc) is 3.28. The molecule has 2 aliphatic carbocycles. The van der Waals surface area contributed by atoms with E-state index in [0.29, 0.717) is 18.4 Å². The average molecular weight is 679 g/mol. The Labute approximate surface area is 291 Å².